The lowest BCUT2D eigenvalue weighted by Gasteiger charge is -2.24. The zero-order valence-corrected chi connectivity index (χ0v) is 14.2. The predicted octanol–water partition coefficient (Wildman–Crippen LogP) is 4.68. The molecule has 0 amide bonds. The van der Waals surface area contributed by atoms with Gasteiger partial charge in [0.05, 0.1) is 16.8 Å². The third-order valence-electron chi connectivity index (χ3n) is 4.95. The first-order valence-electron chi connectivity index (χ1n) is 8.46. The molecule has 0 unspecified atom stereocenters. The molecule has 0 bridgehead atoms. The van der Waals surface area contributed by atoms with Crippen LogP contribution in [0.15, 0.2) is 24.3 Å². The van der Waals surface area contributed by atoms with Crippen LogP contribution in [0.1, 0.15) is 60.4 Å². The molecule has 24 heavy (non-hydrogen) atoms. The highest BCUT2D eigenvalue weighted by Gasteiger charge is 2.25. The Kier molecular flexibility index (Phi) is 4.28. The second-order valence-corrected chi connectivity index (χ2v) is 6.70. The number of nitrogen functional groups attached to an aromatic ring is 1. The molecular weight excluding hydrogens is 294 g/mol. The normalized spacial score (nSPS) is 13.2. The maximum atomic E-state index is 9.69. The molecule has 1 aliphatic rings. The van der Waals surface area contributed by atoms with Gasteiger partial charge in [0.2, 0.25) is 0 Å². The number of fused-ring (bicyclic) bond motifs is 1. The van der Waals surface area contributed by atoms with Crippen molar-refractivity contribution in [2.45, 2.75) is 45.4 Å². The van der Waals surface area contributed by atoms with Gasteiger partial charge in [-0.2, -0.15) is 10.5 Å². The van der Waals surface area contributed by atoms with Gasteiger partial charge in [-0.05, 0) is 53.9 Å². The molecule has 0 radical (unpaired) electrons. The first-order chi connectivity index (χ1) is 11.6. The summed E-state index contributed by atoms with van der Waals surface area (Å²) in [4.78, 5) is 0. The quantitative estimate of drug-likeness (QED) is 0.818. The van der Waals surface area contributed by atoms with Crippen molar-refractivity contribution in [3.8, 4) is 23.3 Å². The van der Waals surface area contributed by atoms with E-state index in [4.69, 9.17) is 5.73 Å². The number of rotatable bonds is 2. The SMILES string of the molecule is CC(C)c1ccc(-c2c(C#N)c(N)c(C#N)c3c2CCCC3)cc1. The van der Waals surface area contributed by atoms with E-state index in [-0.39, 0.29) is 0 Å². The molecule has 2 N–H and O–H groups in total. The Morgan fingerprint density at radius 1 is 0.917 bits per heavy atom. The van der Waals surface area contributed by atoms with Gasteiger partial charge in [-0.15, -0.1) is 0 Å². The van der Waals surface area contributed by atoms with Gasteiger partial charge in [0, 0.05) is 5.56 Å². The van der Waals surface area contributed by atoms with Crippen molar-refractivity contribution in [1.82, 2.24) is 0 Å². The molecule has 3 nitrogen and oxygen atoms in total. The Morgan fingerprint density at radius 2 is 1.50 bits per heavy atom. The lowest BCUT2D eigenvalue weighted by atomic mass is 9.80. The van der Waals surface area contributed by atoms with Gasteiger partial charge >= 0.3 is 0 Å². The van der Waals surface area contributed by atoms with Gasteiger partial charge in [0.25, 0.3) is 0 Å². The second kappa shape index (κ2) is 6.38. The maximum absolute atomic E-state index is 9.69. The lowest BCUT2D eigenvalue weighted by molar-refractivity contribution is 0.685. The van der Waals surface area contributed by atoms with Crippen LogP contribution in [-0.4, -0.2) is 0 Å². The van der Waals surface area contributed by atoms with Crippen LogP contribution in [0.2, 0.25) is 0 Å². The fourth-order valence-corrected chi connectivity index (χ4v) is 3.63. The molecule has 3 rings (SSSR count). The molecule has 0 aromatic heterocycles. The van der Waals surface area contributed by atoms with Crippen LogP contribution >= 0.6 is 0 Å². The zero-order valence-electron chi connectivity index (χ0n) is 14.2. The van der Waals surface area contributed by atoms with Crippen molar-refractivity contribution in [1.29, 1.82) is 10.5 Å². The summed E-state index contributed by atoms with van der Waals surface area (Å²) in [6.45, 7) is 4.33. The molecule has 120 valence electrons. The van der Waals surface area contributed by atoms with Crippen molar-refractivity contribution in [2.24, 2.45) is 0 Å². The average molecular weight is 315 g/mol. The van der Waals surface area contributed by atoms with E-state index in [1.165, 1.54) is 5.56 Å². The molecule has 0 saturated heterocycles. The van der Waals surface area contributed by atoms with E-state index in [1.54, 1.807) is 0 Å². The van der Waals surface area contributed by atoms with Crippen molar-refractivity contribution in [3.63, 3.8) is 0 Å². The van der Waals surface area contributed by atoms with E-state index >= 15 is 0 Å². The summed E-state index contributed by atoms with van der Waals surface area (Å²) in [7, 11) is 0. The summed E-state index contributed by atoms with van der Waals surface area (Å²) in [6.07, 6.45) is 3.92. The van der Waals surface area contributed by atoms with E-state index in [9.17, 15) is 10.5 Å². The summed E-state index contributed by atoms with van der Waals surface area (Å²) in [6, 6.07) is 12.9. The van der Waals surface area contributed by atoms with Crippen LogP contribution in [0.3, 0.4) is 0 Å². The number of hydrogen-bond donors (Lipinski definition) is 1. The highest BCUT2D eigenvalue weighted by molar-refractivity contribution is 5.85. The molecule has 0 saturated carbocycles. The smallest absolute Gasteiger partial charge is 0.102 e. The van der Waals surface area contributed by atoms with E-state index in [2.05, 4.69) is 50.3 Å². The number of nitriles is 2. The summed E-state index contributed by atoms with van der Waals surface area (Å²) in [5, 5.41) is 19.2. The third-order valence-corrected chi connectivity index (χ3v) is 4.95. The molecular formula is C21H21N3. The summed E-state index contributed by atoms with van der Waals surface area (Å²) >= 11 is 0. The molecule has 0 fully saturated rings. The van der Waals surface area contributed by atoms with Crippen LogP contribution in [0.25, 0.3) is 11.1 Å². The lowest BCUT2D eigenvalue weighted by Crippen LogP contribution is -2.12. The molecule has 2 aromatic rings. The fraction of sp³-hybridized carbons (Fsp3) is 0.333. The number of nitrogens with zero attached hydrogens (tertiary/aromatic N) is 2. The number of hydrogen-bond acceptors (Lipinski definition) is 3. The van der Waals surface area contributed by atoms with E-state index < -0.39 is 0 Å². The van der Waals surface area contributed by atoms with Gasteiger partial charge in [-0.25, -0.2) is 0 Å². The number of nitrogens with two attached hydrogens (primary N) is 1. The molecule has 0 atom stereocenters. The first-order valence-corrected chi connectivity index (χ1v) is 8.46. The average Bonchev–Trinajstić information content (AvgIpc) is 2.61. The van der Waals surface area contributed by atoms with Gasteiger partial charge in [0.15, 0.2) is 0 Å². The Hall–Kier alpha value is -2.78. The van der Waals surface area contributed by atoms with Crippen molar-refractivity contribution >= 4 is 5.69 Å². The van der Waals surface area contributed by atoms with Crippen LogP contribution < -0.4 is 5.73 Å². The molecule has 0 heterocycles. The fourth-order valence-electron chi connectivity index (χ4n) is 3.63. The first kappa shape index (κ1) is 16.1. The van der Waals surface area contributed by atoms with Crippen molar-refractivity contribution in [2.75, 3.05) is 5.73 Å². The Morgan fingerprint density at radius 3 is 2.04 bits per heavy atom. The van der Waals surface area contributed by atoms with Crippen LogP contribution in [0.5, 0.6) is 0 Å². The summed E-state index contributed by atoms with van der Waals surface area (Å²) in [5.74, 6) is 0.467. The molecule has 1 aliphatic carbocycles. The Bertz CT molecular complexity index is 862. The summed E-state index contributed by atoms with van der Waals surface area (Å²) < 4.78 is 0. The minimum atomic E-state index is 0.337. The largest absolute Gasteiger partial charge is 0.397 e. The number of anilines is 1. The van der Waals surface area contributed by atoms with E-state index in [0.717, 1.165) is 47.9 Å². The van der Waals surface area contributed by atoms with E-state index in [1.807, 2.05) is 0 Å². The molecule has 0 spiro atoms. The van der Waals surface area contributed by atoms with Crippen LogP contribution in [0, 0.1) is 22.7 Å². The van der Waals surface area contributed by atoms with Crippen molar-refractivity contribution < 1.29 is 0 Å². The minimum absolute atomic E-state index is 0.337. The predicted molar refractivity (Wildman–Crippen MR) is 96.5 cm³/mol. The molecule has 2 aromatic carbocycles. The van der Waals surface area contributed by atoms with Crippen molar-refractivity contribution in [3.05, 3.63) is 52.1 Å². The molecule has 0 aliphatic heterocycles. The Balaban J connectivity index is 2.29. The maximum Gasteiger partial charge on any atom is 0.102 e. The standard InChI is InChI=1S/C21H21N3/c1-13(2)14-7-9-15(10-8-14)20-17-6-4-3-5-16(17)18(11-22)21(24)19(20)12-23/h7-10,13H,3-6,24H2,1-2H3. The highest BCUT2D eigenvalue weighted by Crippen LogP contribution is 2.40. The van der Waals surface area contributed by atoms with Crippen LogP contribution in [0.4, 0.5) is 5.69 Å². The topological polar surface area (TPSA) is 73.6 Å². The number of benzene rings is 2. The monoisotopic (exact) mass is 315 g/mol. The zero-order chi connectivity index (χ0) is 17.3. The second-order valence-electron chi connectivity index (χ2n) is 6.70. The van der Waals surface area contributed by atoms with Gasteiger partial charge in [-0.3, -0.25) is 0 Å². The van der Waals surface area contributed by atoms with Gasteiger partial charge in [0.1, 0.15) is 12.1 Å². The minimum Gasteiger partial charge on any atom is -0.397 e. The van der Waals surface area contributed by atoms with Gasteiger partial charge in [-0.1, -0.05) is 38.1 Å². The van der Waals surface area contributed by atoms with E-state index in [0.29, 0.717) is 22.7 Å². The van der Waals surface area contributed by atoms with Crippen LogP contribution in [-0.2, 0) is 12.8 Å². The summed E-state index contributed by atoms with van der Waals surface area (Å²) in [5.41, 5.74) is 12.9. The Labute approximate surface area is 143 Å². The molecule has 3 heteroatoms. The highest BCUT2D eigenvalue weighted by atomic mass is 14.6. The van der Waals surface area contributed by atoms with Gasteiger partial charge < -0.3 is 5.73 Å². The third kappa shape index (κ3) is 2.53.